The molecule has 31 heavy (non-hydrogen) atoms. The fourth-order valence-corrected chi connectivity index (χ4v) is 4.46. The fraction of sp³-hybridized carbons (Fsp3) is 0.458. The third-order valence-electron chi connectivity index (χ3n) is 6.15. The predicted octanol–water partition coefficient (Wildman–Crippen LogP) is 4.05. The number of methoxy groups -OCH3 is 2. The smallest absolute Gasteiger partial charge is 0.191 e. The third kappa shape index (κ3) is 5.37. The van der Waals surface area contributed by atoms with Crippen LogP contribution in [-0.2, 0) is 0 Å². The number of nitrogens with zero attached hydrogens (tertiary/aromatic N) is 2. The molecule has 7 heteroatoms. The number of nitrogens with one attached hydrogen (secondary N) is 2. The van der Waals surface area contributed by atoms with Crippen LogP contribution in [0.3, 0.4) is 0 Å². The second-order valence-corrected chi connectivity index (χ2v) is 8.63. The zero-order valence-electron chi connectivity index (χ0n) is 18.4. The zero-order chi connectivity index (χ0) is 21.8. The summed E-state index contributed by atoms with van der Waals surface area (Å²) in [6.45, 7) is 1.94. The van der Waals surface area contributed by atoms with E-state index < -0.39 is 0 Å². The standard InChI is InChI=1S/C24H31ClN4O2/c1-26-24(28-23-15-22(23)16-5-4-6-17(25)11-16)27-18-7-9-29(10-8-18)19-12-20(30-2)14-21(13-19)31-3/h4-6,11-14,18,22-23H,7-10,15H2,1-3H3,(H2,26,27,28). The Bertz CT molecular complexity index is 905. The van der Waals surface area contributed by atoms with Gasteiger partial charge in [-0.2, -0.15) is 0 Å². The molecule has 0 radical (unpaired) electrons. The van der Waals surface area contributed by atoms with Gasteiger partial charge in [0.05, 0.1) is 14.2 Å². The highest BCUT2D eigenvalue weighted by Crippen LogP contribution is 2.41. The number of hydrogen-bond donors (Lipinski definition) is 2. The SMILES string of the molecule is CN=C(NC1CCN(c2cc(OC)cc(OC)c2)CC1)NC1CC1c1cccc(Cl)c1. The van der Waals surface area contributed by atoms with Gasteiger partial charge in [0.2, 0.25) is 0 Å². The first-order valence-electron chi connectivity index (χ1n) is 10.8. The summed E-state index contributed by atoms with van der Waals surface area (Å²) in [6, 6.07) is 15.0. The van der Waals surface area contributed by atoms with E-state index in [1.54, 1.807) is 14.2 Å². The molecular formula is C24H31ClN4O2. The largest absolute Gasteiger partial charge is 0.497 e. The fourth-order valence-electron chi connectivity index (χ4n) is 4.26. The van der Waals surface area contributed by atoms with Crippen molar-refractivity contribution in [3.63, 3.8) is 0 Å². The second-order valence-electron chi connectivity index (χ2n) is 8.20. The molecule has 0 spiro atoms. The van der Waals surface area contributed by atoms with Crippen molar-refractivity contribution >= 4 is 23.2 Å². The maximum absolute atomic E-state index is 6.14. The van der Waals surface area contributed by atoms with E-state index in [4.69, 9.17) is 21.1 Å². The molecule has 2 atom stereocenters. The van der Waals surface area contributed by atoms with Crippen LogP contribution < -0.4 is 25.0 Å². The summed E-state index contributed by atoms with van der Waals surface area (Å²) in [5, 5.41) is 7.99. The molecule has 1 saturated heterocycles. The van der Waals surface area contributed by atoms with Crippen LogP contribution in [0.5, 0.6) is 11.5 Å². The van der Waals surface area contributed by atoms with Crippen LogP contribution in [0, 0.1) is 0 Å². The number of benzene rings is 2. The van der Waals surface area contributed by atoms with Crippen LogP contribution in [0.2, 0.25) is 5.02 Å². The molecule has 2 unspecified atom stereocenters. The molecule has 4 rings (SSSR count). The van der Waals surface area contributed by atoms with Gasteiger partial charge in [0.25, 0.3) is 0 Å². The van der Waals surface area contributed by atoms with Crippen molar-refractivity contribution < 1.29 is 9.47 Å². The van der Waals surface area contributed by atoms with E-state index in [1.807, 2.05) is 25.2 Å². The zero-order valence-corrected chi connectivity index (χ0v) is 19.2. The van der Waals surface area contributed by atoms with Gasteiger partial charge in [0.15, 0.2) is 5.96 Å². The number of ether oxygens (including phenoxy) is 2. The van der Waals surface area contributed by atoms with Crippen LogP contribution in [-0.4, -0.2) is 52.4 Å². The molecule has 166 valence electrons. The topological polar surface area (TPSA) is 58.1 Å². The summed E-state index contributed by atoms with van der Waals surface area (Å²) in [5.74, 6) is 3.02. The van der Waals surface area contributed by atoms with Gasteiger partial charge in [-0.15, -0.1) is 0 Å². The Morgan fingerprint density at radius 3 is 2.35 bits per heavy atom. The average Bonchev–Trinajstić information content (AvgIpc) is 3.58. The lowest BCUT2D eigenvalue weighted by molar-refractivity contribution is 0.393. The first kappa shape index (κ1) is 21.6. The summed E-state index contributed by atoms with van der Waals surface area (Å²) in [5.41, 5.74) is 2.43. The van der Waals surface area contributed by atoms with Crippen LogP contribution in [0.4, 0.5) is 5.69 Å². The highest BCUT2D eigenvalue weighted by Gasteiger charge is 2.39. The minimum absolute atomic E-state index is 0.401. The van der Waals surface area contributed by atoms with Gasteiger partial charge in [-0.25, -0.2) is 0 Å². The summed E-state index contributed by atoms with van der Waals surface area (Å²) in [6.07, 6.45) is 3.20. The minimum atomic E-state index is 0.401. The number of anilines is 1. The van der Waals surface area contributed by atoms with Crippen LogP contribution in [0.25, 0.3) is 0 Å². The molecule has 0 bridgehead atoms. The Labute approximate surface area is 189 Å². The molecule has 2 aromatic rings. The first-order valence-corrected chi connectivity index (χ1v) is 11.2. The van der Waals surface area contributed by atoms with E-state index in [9.17, 15) is 0 Å². The Hall–Kier alpha value is -2.60. The van der Waals surface area contributed by atoms with Crippen molar-refractivity contribution in [1.82, 2.24) is 10.6 Å². The lowest BCUT2D eigenvalue weighted by Crippen LogP contribution is -2.49. The maximum atomic E-state index is 6.14. The monoisotopic (exact) mass is 442 g/mol. The number of hydrogen-bond acceptors (Lipinski definition) is 4. The Kier molecular flexibility index (Phi) is 6.76. The van der Waals surface area contributed by atoms with Gasteiger partial charge in [-0.05, 0) is 37.0 Å². The minimum Gasteiger partial charge on any atom is -0.497 e. The summed E-state index contributed by atoms with van der Waals surface area (Å²) in [7, 11) is 5.21. The summed E-state index contributed by atoms with van der Waals surface area (Å²) >= 11 is 6.14. The number of rotatable bonds is 6. The Morgan fingerprint density at radius 1 is 1.03 bits per heavy atom. The molecule has 2 fully saturated rings. The van der Waals surface area contributed by atoms with Crippen molar-refractivity contribution in [3.05, 3.63) is 53.1 Å². The molecule has 1 aliphatic heterocycles. The number of halogens is 1. The van der Waals surface area contributed by atoms with Crippen LogP contribution in [0.1, 0.15) is 30.7 Å². The highest BCUT2D eigenvalue weighted by atomic mass is 35.5. The Balaban J connectivity index is 1.28. The molecule has 1 heterocycles. The van der Waals surface area contributed by atoms with Gasteiger partial charge in [0, 0.05) is 67.0 Å². The molecule has 1 saturated carbocycles. The molecule has 1 aliphatic carbocycles. The van der Waals surface area contributed by atoms with Crippen molar-refractivity contribution in [2.75, 3.05) is 39.3 Å². The lowest BCUT2D eigenvalue weighted by Gasteiger charge is -2.34. The second kappa shape index (κ2) is 9.69. The number of guanidine groups is 1. The van der Waals surface area contributed by atoms with Crippen molar-refractivity contribution in [2.45, 2.75) is 37.3 Å². The molecule has 6 nitrogen and oxygen atoms in total. The lowest BCUT2D eigenvalue weighted by atomic mass is 10.0. The average molecular weight is 443 g/mol. The van der Waals surface area contributed by atoms with Crippen LogP contribution in [0.15, 0.2) is 47.5 Å². The van der Waals surface area contributed by atoms with Crippen molar-refractivity contribution in [3.8, 4) is 11.5 Å². The van der Waals surface area contributed by atoms with E-state index in [2.05, 4.69) is 44.8 Å². The Morgan fingerprint density at radius 2 is 1.74 bits per heavy atom. The molecule has 0 aromatic heterocycles. The molecule has 2 aliphatic rings. The van der Waals surface area contributed by atoms with Crippen molar-refractivity contribution in [2.24, 2.45) is 4.99 Å². The van der Waals surface area contributed by atoms with Gasteiger partial charge in [-0.3, -0.25) is 4.99 Å². The number of piperidine rings is 1. The van der Waals surface area contributed by atoms with Gasteiger partial charge in [-0.1, -0.05) is 23.7 Å². The normalized spacial score (nSPS) is 21.5. The van der Waals surface area contributed by atoms with E-state index in [-0.39, 0.29) is 0 Å². The van der Waals surface area contributed by atoms with Gasteiger partial charge < -0.3 is 25.0 Å². The molecule has 0 amide bonds. The van der Waals surface area contributed by atoms with E-state index in [0.29, 0.717) is 18.0 Å². The van der Waals surface area contributed by atoms with Gasteiger partial charge >= 0.3 is 0 Å². The van der Waals surface area contributed by atoms with Crippen LogP contribution >= 0.6 is 11.6 Å². The molecule has 2 N–H and O–H groups in total. The first-order chi connectivity index (χ1) is 15.1. The van der Waals surface area contributed by atoms with Gasteiger partial charge in [0.1, 0.15) is 11.5 Å². The summed E-state index contributed by atoms with van der Waals surface area (Å²) < 4.78 is 10.8. The van der Waals surface area contributed by atoms with E-state index in [1.165, 1.54) is 5.56 Å². The quantitative estimate of drug-likeness (QED) is 0.522. The predicted molar refractivity (Wildman–Crippen MR) is 127 cm³/mol. The maximum Gasteiger partial charge on any atom is 0.191 e. The molecule has 2 aromatic carbocycles. The summed E-state index contributed by atoms with van der Waals surface area (Å²) in [4.78, 5) is 6.84. The van der Waals surface area contributed by atoms with Crippen molar-refractivity contribution in [1.29, 1.82) is 0 Å². The number of aliphatic imine (C=N–C) groups is 1. The third-order valence-corrected chi connectivity index (χ3v) is 6.39. The van der Waals surface area contributed by atoms with E-state index in [0.717, 1.165) is 60.5 Å². The highest BCUT2D eigenvalue weighted by molar-refractivity contribution is 6.30. The van der Waals surface area contributed by atoms with E-state index >= 15 is 0 Å². The molecular weight excluding hydrogens is 412 g/mol.